The summed E-state index contributed by atoms with van der Waals surface area (Å²) in [6.07, 6.45) is 1.63. The molecular formula is C7H11N5. The lowest BCUT2D eigenvalue weighted by Crippen LogP contribution is -2.31. The topological polar surface area (TPSA) is 76.2 Å². The Hall–Kier alpha value is -1.65. The Labute approximate surface area is 70.7 Å². The van der Waals surface area contributed by atoms with E-state index >= 15 is 0 Å². The molecule has 1 aromatic heterocycles. The first kappa shape index (κ1) is 8.45. The minimum Gasteiger partial charge on any atom is -0.370 e. The van der Waals surface area contributed by atoms with Crippen molar-refractivity contribution in [2.45, 2.75) is 6.54 Å². The molecule has 5 nitrogen and oxygen atoms in total. The molecule has 0 atom stereocenters. The SMILES string of the molecule is CN=C(N)NCc1cccnn1. The monoisotopic (exact) mass is 165 g/mol. The Balaban J connectivity index is 2.44. The number of hydrogen-bond acceptors (Lipinski definition) is 3. The summed E-state index contributed by atoms with van der Waals surface area (Å²) in [5, 5.41) is 10.5. The third-order valence-electron chi connectivity index (χ3n) is 1.32. The van der Waals surface area contributed by atoms with Crippen molar-refractivity contribution in [2.75, 3.05) is 7.05 Å². The highest BCUT2D eigenvalue weighted by Gasteiger charge is 1.92. The van der Waals surface area contributed by atoms with E-state index in [1.54, 1.807) is 13.2 Å². The third-order valence-corrected chi connectivity index (χ3v) is 1.32. The van der Waals surface area contributed by atoms with Crippen LogP contribution in [0.25, 0.3) is 0 Å². The minimum atomic E-state index is 0.403. The van der Waals surface area contributed by atoms with Gasteiger partial charge < -0.3 is 11.1 Å². The predicted octanol–water partition coefficient (Wildman–Crippen LogP) is -0.489. The molecule has 0 aliphatic rings. The smallest absolute Gasteiger partial charge is 0.188 e. The van der Waals surface area contributed by atoms with Gasteiger partial charge in [-0.15, -0.1) is 0 Å². The summed E-state index contributed by atoms with van der Waals surface area (Å²) in [6.45, 7) is 0.553. The summed E-state index contributed by atoms with van der Waals surface area (Å²) in [7, 11) is 1.62. The van der Waals surface area contributed by atoms with Crippen LogP contribution in [0.3, 0.4) is 0 Å². The van der Waals surface area contributed by atoms with E-state index in [4.69, 9.17) is 5.73 Å². The number of nitrogens with zero attached hydrogens (tertiary/aromatic N) is 3. The number of guanidine groups is 1. The quantitative estimate of drug-likeness (QED) is 0.458. The van der Waals surface area contributed by atoms with Gasteiger partial charge in [0.15, 0.2) is 5.96 Å². The van der Waals surface area contributed by atoms with Crippen LogP contribution in [0.15, 0.2) is 23.3 Å². The molecule has 12 heavy (non-hydrogen) atoms. The van der Waals surface area contributed by atoms with Crippen molar-refractivity contribution in [1.82, 2.24) is 15.5 Å². The van der Waals surface area contributed by atoms with Crippen molar-refractivity contribution in [3.05, 3.63) is 24.0 Å². The van der Waals surface area contributed by atoms with Crippen LogP contribution in [0.1, 0.15) is 5.69 Å². The normalized spacial score (nSPS) is 11.2. The largest absolute Gasteiger partial charge is 0.370 e. The van der Waals surface area contributed by atoms with Gasteiger partial charge in [-0.05, 0) is 12.1 Å². The van der Waals surface area contributed by atoms with E-state index in [2.05, 4.69) is 20.5 Å². The summed E-state index contributed by atoms with van der Waals surface area (Å²) in [4.78, 5) is 3.74. The maximum Gasteiger partial charge on any atom is 0.188 e. The number of rotatable bonds is 2. The molecule has 0 fully saturated rings. The van der Waals surface area contributed by atoms with Crippen LogP contribution in [0, 0.1) is 0 Å². The molecule has 5 heteroatoms. The molecule has 0 bridgehead atoms. The van der Waals surface area contributed by atoms with Crippen LogP contribution >= 0.6 is 0 Å². The number of aliphatic imine (C=N–C) groups is 1. The second-order valence-electron chi connectivity index (χ2n) is 2.18. The molecule has 0 radical (unpaired) electrons. The van der Waals surface area contributed by atoms with Gasteiger partial charge in [-0.2, -0.15) is 10.2 Å². The average molecular weight is 165 g/mol. The summed E-state index contributed by atoms with van der Waals surface area (Å²) in [5.41, 5.74) is 6.25. The van der Waals surface area contributed by atoms with Gasteiger partial charge >= 0.3 is 0 Å². The Bertz CT molecular complexity index is 256. The Morgan fingerprint density at radius 3 is 3.17 bits per heavy atom. The standard InChI is InChI=1S/C7H11N5/c1-9-7(8)10-5-6-3-2-4-11-12-6/h2-4H,5H2,1H3,(H3,8,9,10). The molecule has 0 saturated heterocycles. The highest BCUT2D eigenvalue weighted by atomic mass is 15.1. The predicted molar refractivity (Wildman–Crippen MR) is 46.4 cm³/mol. The van der Waals surface area contributed by atoms with Gasteiger partial charge in [-0.1, -0.05) is 0 Å². The summed E-state index contributed by atoms with van der Waals surface area (Å²) >= 11 is 0. The zero-order chi connectivity index (χ0) is 8.81. The molecule has 64 valence electrons. The molecule has 0 amide bonds. The molecule has 0 aliphatic carbocycles. The van der Waals surface area contributed by atoms with Crippen molar-refractivity contribution < 1.29 is 0 Å². The molecule has 0 aliphatic heterocycles. The molecule has 3 N–H and O–H groups in total. The van der Waals surface area contributed by atoms with E-state index in [0.29, 0.717) is 12.5 Å². The van der Waals surface area contributed by atoms with E-state index in [0.717, 1.165) is 5.69 Å². The van der Waals surface area contributed by atoms with Crippen molar-refractivity contribution in [1.29, 1.82) is 0 Å². The van der Waals surface area contributed by atoms with E-state index in [-0.39, 0.29) is 0 Å². The zero-order valence-corrected chi connectivity index (χ0v) is 6.86. The zero-order valence-electron chi connectivity index (χ0n) is 6.86. The van der Waals surface area contributed by atoms with Crippen LogP contribution in [-0.2, 0) is 6.54 Å². The second-order valence-corrected chi connectivity index (χ2v) is 2.18. The fraction of sp³-hybridized carbons (Fsp3) is 0.286. The van der Waals surface area contributed by atoms with Crippen LogP contribution in [0.2, 0.25) is 0 Å². The van der Waals surface area contributed by atoms with E-state index in [9.17, 15) is 0 Å². The van der Waals surface area contributed by atoms with E-state index in [1.165, 1.54) is 0 Å². The number of nitrogens with two attached hydrogens (primary N) is 1. The molecule has 1 aromatic rings. The Morgan fingerprint density at radius 1 is 1.75 bits per heavy atom. The van der Waals surface area contributed by atoms with Gasteiger partial charge in [0.05, 0.1) is 12.2 Å². The van der Waals surface area contributed by atoms with Crippen LogP contribution in [0.4, 0.5) is 0 Å². The average Bonchev–Trinajstić information content (AvgIpc) is 2.16. The number of aromatic nitrogens is 2. The van der Waals surface area contributed by atoms with Crippen LogP contribution in [-0.4, -0.2) is 23.2 Å². The molecule has 1 heterocycles. The fourth-order valence-electron chi connectivity index (χ4n) is 0.688. The molecule has 1 rings (SSSR count). The minimum absolute atomic E-state index is 0.403. The maximum atomic E-state index is 5.41. The van der Waals surface area contributed by atoms with Gasteiger partial charge in [0.2, 0.25) is 0 Å². The van der Waals surface area contributed by atoms with Crippen molar-refractivity contribution in [3.8, 4) is 0 Å². The number of hydrogen-bond donors (Lipinski definition) is 2. The summed E-state index contributed by atoms with van der Waals surface area (Å²) in [5.74, 6) is 0.403. The van der Waals surface area contributed by atoms with Crippen molar-refractivity contribution in [2.24, 2.45) is 10.7 Å². The van der Waals surface area contributed by atoms with Gasteiger partial charge in [-0.25, -0.2) is 0 Å². The lowest BCUT2D eigenvalue weighted by Gasteiger charge is -2.01. The van der Waals surface area contributed by atoms with Gasteiger partial charge in [0.25, 0.3) is 0 Å². The van der Waals surface area contributed by atoms with Gasteiger partial charge in [0.1, 0.15) is 0 Å². The van der Waals surface area contributed by atoms with Gasteiger partial charge in [-0.3, -0.25) is 4.99 Å². The summed E-state index contributed by atoms with van der Waals surface area (Å²) < 4.78 is 0. The first-order valence-electron chi connectivity index (χ1n) is 3.55. The van der Waals surface area contributed by atoms with Crippen molar-refractivity contribution >= 4 is 5.96 Å². The van der Waals surface area contributed by atoms with E-state index in [1.807, 2.05) is 12.1 Å². The lowest BCUT2D eigenvalue weighted by atomic mass is 10.4. The highest BCUT2D eigenvalue weighted by molar-refractivity contribution is 5.77. The van der Waals surface area contributed by atoms with Crippen LogP contribution in [0.5, 0.6) is 0 Å². The van der Waals surface area contributed by atoms with Crippen LogP contribution < -0.4 is 11.1 Å². The molecular weight excluding hydrogens is 154 g/mol. The molecule has 0 unspecified atom stereocenters. The molecule has 0 saturated carbocycles. The Kier molecular flexibility index (Phi) is 3.01. The highest BCUT2D eigenvalue weighted by Crippen LogP contribution is 1.88. The summed E-state index contributed by atoms with van der Waals surface area (Å²) in [6, 6.07) is 3.69. The maximum absolute atomic E-state index is 5.41. The Morgan fingerprint density at radius 2 is 2.58 bits per heavy atom. The molecule has 0 spiro atoms. The first-order valence-corrected chi connectivity index (χ1v) is 3.55. The molecule has 0 aromatic carbocycles. The van der Waals surface area contributed by atoms with E-state index < -0.39 is 0 Å². The lowest BCUT2D eigenvalue weighted by molar-refractivity contribution is 0.823. The fourth-order valence-corrected chi connectivity index (χ4v) is 0.688. The van der Waals surface area contributed by atoms with Gasteiger partial charge in [0, 0.05) is 13.2 Å². The third kappa shape index (κ3) is 2.53. The first-order chi connectivity index (χ1) is 5.83. The van der Waals surface area contributed by atoms with Crippen molar-refractivity contribution in [3.63, 3.8) is 0 Å². The second kappa shape index (κ2) is 4.27. The number of nitrogens with one attached hydrogen (secondary N) is 1.